The lowest BCUT2D eigenvalue weighted by Crippen LogP contribution is -2.47. The zero-order chi connectivity index (χ0) is 31.9. The Morgan fingerprint density at radius 2 is 1.84 bits per heavy atom. The summed E-state index contributed by atoms with van der Waals surface area (Å²) in [6, 6.07) is 21.7. The van der Waals surface area contributed by atoms with Crippen LogP contribution in [-0.4, -0.2) is 33.6 Å². The number of carbonyl (C=O) groups is 2. The number of benzene rings is 2. The topological polar surface area (TPSA) is 146 Å². The third kappa shape index (κ3) is 7.11. The number of nitriles is 1. The molecule has 45 heavy (non-hydrogen) atoms. The summed E-state index contributed by atoms with van der Waals surface area (Å²) in [5.41, 5.74) is 10.7. The van der Waals surface area contributed by atoms with E-state index in [0.717, 1.165) is 24.0 Å². The fourth-order valence-electron chi connectivity index (χ4n) is 5.90. The van der Waals surface area contributed by atoms with Gasteiger partial charge in [-0.05, 0) is 73.6 Å². The average molecular weight is 602 g/mol. The van der Waals surface area contributed by atoms with Gasteiger partial charge in [0.2, 0.25) is 11.5 Å². The Balaban J connectivity index is 1.58. The first-order valence-electron chi connectivity index (χ1n) is 14.8. The number of urea groups is 1. The molecule has 2 aromatic carbocycles. The lowest BCUT2D eigenvalue weighted by molar-refractivity contribution is -0.111. The van der Waals surface area contributed by atoms with Gasteiger partial charge in [0, 0.05) is 48.7 Å². The lowest BCUT2D eigenvalue weighted by Gasteiger charge is -2.38. The van der Waals surface area contributed by atoms with Crippen molar-refractivity contribution in [2.75, 3.05) is 15.5 Å². The summed E-state index contributed by atoms with van der Waals surface area (Å²) in [4.78, 5) is 44.4. The van der Waals surface area contributed by atoms with Gasteiger partial charge in [-0.3, -0.25) is 14.5 Å². The van der Waals surface area contributed by atoms with Gasteiger partial charge >= 0.3 is 6.03 Å². The fourth-order valence-corrected chi connectivity index (χ4v) is 5.90. The van der Waals surface area contributed by atoms with Crippen molar-refractivity contribution in [1.82, 2.24) is 9.55 Å². The van der Waals surface area contributed by atoms with Gasteiger partial charge in [0.25, 0.3) is 0 Å². The third-order valence-electron chi connectivity index (χ3n) is 8.10. The molecule has 1 aliphatic carbocycles. The van der Waals surface area contributed by atoms with E-state index < -0.39 is 11.9 Å². The maximum absolute atomic E-state index is 13.5. The Morgan fingerprint density at radius 3 is 2.47 bits per heavy atom. The lowest BCUT2D eigenvalue weighted by atomic mass is 9.87. The number of nitrogens with two attached hydrogens (primary N) is 1. The van der Waals surface area contributed by atoms with E-state index in [4.69, 9.17) is 11.0 Å². The Morgan fingerprint density at radius 1 is 1.09 bits per heavy atom. The molecule has 0 spiro atoms. The minimum Gasteiger partial charge on any atom is -0.367 e. The Bertz CT molecular complexity index is 1800. The zero-order valence-electron chi connectivity index (χ0n) is 25.1. The standard InChI is InChI=1S/C35H35N7O3/c1-3-31(43)40-29-16-10-25(19-23-7-5-4-6-8-23)34(33(29)26-11-18-32(44)41(2)22-26)42(35(37)45)28-14-12-27(13-15-28)39-30-17-9-24(20-36)21-38-30/h3-11,16-18,21-22,27-28H,1,12-15,19H2,2H3,(H2,37,45)(H,38,39)(H,40,43). The van der Waals surface area contributed by atoms with Crippen LogP contribution in [0.4, 0.5) is 22.0 Å². The van der Waals surface area contributed by atoms with Crippen LogP contribution in [0.15, 0.2) is 96.6 Å². The van der Waals surface area contributed by atoms with Gasteiger partial charge < -0.3 is 20.9 Å². The zero-order valence-corrected chi connectivity index (χ0v) is 25.1. The number of carbonyl (C=O) groups excluding carboxylic acids is 2. The molecule has 1 saturated carbocycles. The van der Waals surface area contributed by atoms with Gasteiger partial charge in [-0.25, -0.2) is 9.78 Å². The number of primary amides is 1. The van der Waals surface area contributed by atoms with E-state index in [1.165, 1.54) is 22.9 Å². The van der Waals surface area contributed by atoms with Crippen molar-refractivity contribution in [1.29, 1.82) is 5.26 Å². The van der Waals surface area contributed by atoms with E-state index in [0.29, 0.717) is 53.1 Å². The van der Waals surface area contributed by atoms with Crippen molar-refractivity contribution in [3.8, 4) is 17.2 Å². The molecule has 10 nitrogen and oxygen atoms in total. The van der Waals surface area contributed by atoms with E-state index >= 15 is 0 Å². The van der Waals surface area contributed by atoms with Crippen molar-refractivity contribution in [2.45, 2.75) is 44.2 Å². The molecule has 0 bridgehead atoms. The van der Waals surface area contributed by atoms with Gasteiger partial charge in [0.05, 0.1) is 16.9 Å². The molecule has 1 fully saturated rings. The highest BCUT2D eigenvalue weighted by Gasteiger charge is 2.33. The molecule has 0 radical (unpaired) electrons. The summed E-state index contributed by atoms with van der Waals surface area (Å²) in [6.45, 7) is 3.60. The van der Waals surface area contributed by atoms with E-state index in [2.05, 4.69) is 28.3 Å². The van der Waals surface area contributed by atoms with Gasteiger partial charge in [-0.1, -0.05) is 43.0 Å². The maximum Gasteiger partial charge on any atom is 0.319 e. The Hall–Kier alpha value is -5.69. The number of hydrogen-bond acceptors (Lipinski definition) is 6. The molecule has 2 heterocycles. The van der Waals surface area contributed by atoms with Crippen LogP contribution >= 0.6 is 0 Å². The molecule has 0 saturated heterocycles. The van der Waals surface area contributed by atoms with Crippen LogP contribution in [0.5, 0.6) is 0 Å². The van der Waals surface area contributed by atoms with Gasteiger partial charge in [-0.15, -0.1) is 0 Å². The number of nitrogens with one attached hydrogen (secondary N) is 2. The van der Waals surface area contributed by atoms with Crippen LogP contribution in [0.3, 0.4) is 0 Å². The van der Waals surface area contributed by atoms with Crippen LogP contribution in [0.1, 0.15) is 42.4 Å². The highest BCUT2D eigenvalue weighted by atomic mass is 16.2. The smallest absolute Gasteiger partial charge is 0.319 e. The normalized spacial score (nSPS) is 15.8. The largest absolute Gasteiger partial charge is 0.367 e. The number of rotatable bonds is 9. The summed E-state index contributed by atoms with van der Waals surface area (Å²) >= 11 is 0. The number of hydrogen-bond donors (Lipinski definition) is 3. The van der Waals surface area contributed by atoms with Crippen LogP contribution in [0.25, 0.3) is 11.1 Å². The highest BCUT2D eigenvalue weighted by molar-refractivity contribution is 6.07. The summed E-state index contributed by atoms with van der Waals surface area (Å²) < 4.78 is 1.46. The molecule has 1 aliphatic rings. The predicted octanol–water partition coefficient (Wildman–Crippen LogP) is 5.34. The molecule has 228 valence electrons. The molecular formula is C35H35N7O3. The molecule has 0 unspecified atom stereocenters. The Kier molecular flexibility index (Phi) is 9.39. The first-order chi connectivity index (χ1) is 21.8. The third-order valence-corrected chi connectivity index (χ3v) is 8.10. The van der Waals surface area contributed by atoms with Gasteiger partial charge in [0.15, 0.2) is 0 Å². The van der Waals surface area contributed by atoms with Crippen LogP contribution in [-0.2, 0) is 18.3 Å². The first kappa shape index (κ1) is 30.8. The number of aryl methyl sites for hydroxylation is 1. The van der Waals surface area contributed by atoms with Crippen LogP contribution in [0, 0.1) is 11.3 Å². The molecule has 4 N–H and O–H groups in total. The van der Waals surface area contributed by atoms with Crippen LogP contribution in [0.2, 0.25) is 0 Å². The molecule has 3 amide bonds. The second-order valence-corrected chi connectivity index (χ2v) is 11.1. The second kappa shape index (κ2) is 13.7. The molecule has 0 aliphatic heterocycles. The first-order valence-corrected chi connectivity index (χ1v) is 14.8. The molecule has 5 rings (SSSR count). The summed E-state index contributed by atoms with van der Waals surface area (Å²) in [7, 11) is 1.66. The van der Waals surface area contributed by atoms with Crippen molar-refractivity contribution in [3.63, 3.8) is 0 Å². The number of anilines is 3. The van der Waals surface area contributed by atoms with Gasteiger partial charge in [0.1, 0.15) is 11.9 Å². The van der Waals surface area contributed by atoms with Gasteiger partial charge in [-0.2, -0.15) is 5.26 Å². The molecule has 2 aromatic heterocycles. The minimum absolute atomic E-state index is 0.126. The summed E-state index contributed by atoms with van der Waals surface area (Å²) in [6.07, 6.45) is 7.77. The summed E-state index contributed by atoms with van der Waals surface area (Å²) in [5, 5.41) is 15.4. The SMILES string of the molecule is C=CC(=O)Nc1ccc(Cc2ccccc2)c(N(C(N)=O)C2CCC(Nc3ccc(C#N)cn3)CC2)c1-c1ccc(=O)n(C)c1. The maximum atomic E-state index is 13.5. The molecule has 0 atom stereocenters. The minimum atomic E-state index is -0.604. The van der Waals surface area contributed by atoms with E-state index in [-0.39, 0.29) is 17.6 Å². The van der Waals surface area contributed by atoms with Crippen molar-refractivity contribution in [2.24, 2.45) is 12.8 Å². The Labute approximate surface area is 261 Å². The van der Waals surface area contributed by atoms with Crippen LogP contribution < -0.4 is 26.8 Å². The van der Waals surface area contributed by atoms with E-state index in [1.54, 1.807) is 36.3 Å². The van der Waals surface area contributed by atoms with E-state index in [9.17, 15) is 14.4 Å². The average Bonchev–Trinajstić information content (AvgIpc) is 3.05. The molecule has 10 heteroatoms. The number of pyridine rings is 2. The number of aromatic nitrogens is 2. The number of nitrogens with zero attached hydrogens (tertiary/aromatic N) is 4. The van der Waals surface area contributed by atoms with Crippen molar-refractivity contribution in [3.05, 3.63) is 119 Å². The predicted molar refractivity (Wildman–Crippen MR) is 176 cm³/mol. The second-order valence-electron chi connectivity index (χ2n) is 11.1. The number of amides is 3. The molecule has 4 aromatic rings. The highest BCUT2D eigenvalue weighted by Crippen LogP contribution is 2.43. The quantitative estimate of drug-likeness (QED) is 0.221. The van der Waals surface area contributed by atoms with Crippen molar-refractivity contribution >= 4 is 29.1 Å². The summed E-state index contributed by atoms with van der Waals surface area (Å²) in [5.74, 6) is 0.286. The van der Waals surface area contributed by atoms with Crippen molar-refractivity contribution < 1.29 is 9.59 Å². The molecular weight excluding hydrogens is 566 g/mol. The fraction of sp³-hybridized carbons (Fsp3) is 0.229. The monoisotopic (exact) mass is 601 g/mol. The van der Waals surface area contributed by atoms with E-state index in [1.807, 2.05) is 42.5 Å².